The van der Waals surface area contributed by atoms with E-state index < -0.39 is 23.8 Å². The van der Waals surface area contributed by atoms with Crippen LogP contribution in [0.15, 0.2) is 72.8 Å². The Bertz CT molecular complexity index is 1340. The molecule has 0 heterocycles. The summed E-state index contributed by atoms with van der Waals surface area (Å²) in [5.41, 5.74) is 0.659. The van der Waals surface area contributed by atoms with Crippen LogP contribution >= 0.6 is 0 Å². The number of anilines is 1. The molecule has 0 fully saturated rings. The van der Waals surface area contributed by atoms with Gasteiger partial charge in [-0.15, -0.1) is 0 Å². The van der Waals surface area contributed by atoms with E-state index in [2.05, 4.69) is 17.6 Å². The van der Waals surface area contributed by atoms with Gasteiger partial charge < -0.3 is 20.3 Å². The number of fused-ring (bicyclic) bond motifs is 1. The van der Waals surface area contributed by atoms with Crippen LogP contribution in [0.3, 0.4) is 0 Å². The number of amides is 3. The van der Waals surface area contributed by atoms with Crippen molar-refractivity contribution in [3.05, 3.63) is 78.4 Å². The van der Waals surface area contributed by atoms with E-state index in [1.54, 1.807) is 25.7 Å². The smallest absolute Gasteiger partial charge is 0.408 e. The van der Waals surface area contributed by atoms with Crippen molar-refractivity contribution in [1.82, 2.24) is 10.2 Å². The van der Waals surface area contributed by atoms with E-state index in [9.17, 15) is 14.4 Å². The molecule has 3 amide bonds. The van der Waals surface area contributed by atoms with Crippen molar-refractivity contribution < 1.29 is 19.1 Å². The summed E-state index contributed by atoms with van der Waals surface area (Å²) in [7, 11) is 0. The third-order valence-electron chi connectivity index (χ3n) is 7.63. The molecule has 3 aromatic carbocycles. The van der Waals surface area contributed by atoms with Crippen LogP contribution in [0.5, 0.6) is 0 Å². The quantitative estimate of drug-likeness (QED) is 0.186. The first kappa shape index (κ1) is 33.6. The van der Waals surface area contributed by atoms with Gasteiger partial charge in [0.15, 0.2) is 0 Å². The minimum atomic E-state index is -0.890. The number of ether oxygens (including phenoxy) is 1. The second-order valence-electron chi connectivity index (χ2n) is 12.3. The molecule has 0 saturated heterocycles. The fourth-order valence-corrected chi connectivity index (χ4v) is 5.13. The van der Waals surface area contributed by atoms with Gasteiger partial charge in [0, 0.05) is 12.2 Å². The third kappa shape index (κ3) is 10.1. The highest BCUT2D eigenvalue weighted by molar-refractivity contribution is 6.00. The summed E-state index contributed by atoms with van der Waals surface area (Å²) < 4.78 is 5.52. The molecule has 0 saturated carbocycles. The van der Waals surface area contributed by atoms with Crippen LogP contribution in [0.1, 0.15) is 91.7 Å². The first-order valence-corrected chi connectivity index (χ1v) is 15.7. The standard InChI is InChI=1S/C36H49N3O4/c1-7-9-10-11-17-24-39(34(41)31(26(3)8-2)38-35(42)43-36(4,5)6)32(28-19-13-12-14-20-28)33(40)37-30-23-22-27-18-15-16-21-29(27)25-30/h12-16,18-23,25-26,31-32H,7-11,17,24H2,1-6H3,(H,37,40)(H,38,42). The summed E-state index contributed by atoms with van der Waals surface area (Å²) in [5, 5.41) is 8.02. The molecule has 0 spiro atoms. The molecule has 0 aliphatic heterocycles. The average Bonchev–Trinajstić information content (AvgIpc) is 2.98. The molecule has 0 bridgehead atoms. The Labute approximate surface area is 257 Å². The van der Waals surface area contributed by atoms with Gasteiger partial charge in [0.25, 0.3) is 5.91 Å². The molecule has 3 unspecified atom stereocenters. The van der Waals surface area contributed by atoms with Gasteiger partial charge >= 0.3 is 6.09 Å². The molecule has 43 heavy (non-hydrogen) atoms. The predicted octanol–water partition coefficient (Wildman–Crippen LogP) is 8.26. The van der Waals surface area contributed by atoms with Crippen LogP contribution in [0.4, 0.5) is 10.5 Å². The minimum Gasteiger partial charge on any atom is -0.444 e. The number of alkyl carbamates (subject to hydrolysis) is 1. The maximum atomic E-state index is 14.5. The maximum absolute atomic E-state index is 14.5. The fraction of sp³-hybridized carbons (Fsp3) is 0.472. The van der Waals surface area contributed by atoms with Gasteiger partial charge in [-0.05, 0) is 61.6 Å². The van der Waals surface area contributed by atoms with Crippen LogP contribution < -0.4 is 10.6 Å². The highest BCUT2D eigenvalue weighted by Crippen LogP contribution is 2.28. The monoisotopic (exact) mass is 587 g/mol. The number of carbonyl (C=O) groups excluding carboxylic acids is 3. The van der Waals surface area contributed by atoms with Gasteiger partial charge in [-0.3, -0.25) is 9.59 Å². The molecule has 0 radical (unpaired) electrons. The van der Waals surface area contributed by atoms with E-state index >= 15 is 0 Å². The average molecular weight is 588 g/mol. The van der Waals surface area contributed by atoms with Crippen molar-refractivity contribution >= 4 is 34.4 Å². The van der Waals surface area contributed by atoms with E-state index in [4.69, 9.17) is 4.74 Å². The first-order valence-electron chi connectivity index (χ1n) is 15.7. The minimum absolute atomic E-state index is 0.178. The molecule has 3 atom stereocenters. The zero-order chi connectivity index (χ0) is 31.4. The van der Waals surface area contributed by atoms with Gasteiger partial charge in [0.1, 0.15) is 17.7 Å². The van der Waals surface area contributed by atoms with Crippen LogP contribution in [-0.4, -0.2) is 41.0 Å². The van der Waals surface area contributed by atoms with Crippen molar-refractivity contribution in [2.45, 2.75) is 97.8 Å². The maximum Gasteiger partial charge on any atom is 0.408 e. The Balaban J connectivity index is 2.00. The summed E-state index contributed by atoms with van der Waals surface area (Å²) in [6.07, 6.45) is 4.99. The summed E-state index contributed by atoms with van der Waals surface area (Å²) in [5.74, 6) is -0.774. The fourth-order valence-electron chi connectivity index (χ4n) is 5.13. The van der Waals surface area contributed by atoms with Gasteiger partial charge in [0.2, 0.25) is 5.91 Å². The van der Waals surface area contributed by atoms with Gasteiger partial charge in [-0.1, -0.05) is 114 Å². The van der Waals surface area contributed by atoms with Gasteiger partial charge in [-0.2, -0.15) is 0 Å². The summed E-state index contributed by atoms with van der Waals surface area (Å²) in [4.78, 5) is 43.2. The van der Waals surface area contributed by atoms with Crippen molar-refractivity contribution in [2.24, 2.45) is 5.92 Å². The number of hydrogen-bond acceptors (Lipinski definition) is 4. The predicted molar refractivity (Wildman–Crippen MR) is 175 cm³/mol. The number of carbonyl (C=O) groups is 3. The van der Waals surface area contributed by atoms with E-state index in [1.807, 2.05) is 86.6 Å². The zero-order valence-electron chi connectivity index (χ0n) is 26.7. The van der Waals surface area contributed by atoms with Crippen molar-refractivity contribution in [3.63, 3.8) is 0 Å². The van der Waals surface area contributed by atoms with Crippen LogP contribution in [-0.2, 0) is 14.3 Å². The lowest BCUT2D eigenvalue weighted by atomic mass is 9.95. The number of benzene rings is 3. The second kappa shape index (κ2) is 16.1. The number of rotatable bonds is 14. The second-order valence-corrected chi connectivity index (χ2v) is 12.3. The lowest BCUT2D eigenvalue weighted by Crippen LogP contribution is -2.55. The topological polar surface area (TPSA) is 87.7 Å². The van der Waals surface area contributed by atoms with Crippen LogP contribution in [0.2, 0.25) is 0 Å². The van der Waals surface area contributed by atoms with Gasteiger partial charge in [0.05, 0.1) is 0 Å². The molecule has 0 aliphatic rings. The summed E-state index contributed by atoms with van der Waals surface area (Å²) in [6.45, 7) is 11.8. The van der Waals surface area contributed by atoms with E-state index in [0.29, 0.717) is 24.2 Å². The molecule has 3 aromatic rings. The molecule has 7 nitrogen and oxygen atoms in total. The molecular weight excluding hydrogens is 538 g/mol. The van der Waals surface area contributed by atoms with Crippen LogP contribution in [0, 0.1) is 5.92 Å². The molecule has 232 valence electrons. The van der Waals surface area contributed by atoms with Crippen LogP contribution in [0.25, 0.3) is 10.8 Å². The molecule has 0 aliphatic carbocycles. The van der Waals surface area contributed by atoms with Crippen molar-refractivity contribution in [3.8, 4) is 0 Å². The van der Waals surface area contributed by atoms with Crippen molar-refractivity contribution in [1.29, 1.82) is 0 Å². The lowest BCUT2D eigenvalue weighted by molar-refractivity contribution is -0.142. The molecule has 3 rings (SSSR count). The Kier molecular flexibility index (Phi) is 12.6. The Hall–Kier alpha value is -3.87. The van der Waals surface area contributed by atoms with Crippen molar-refractivity contribution in [2.75, 3.05) is 11.9 Å². The number of hydrogen-bond donors (Lipinski definition) is 2. The molecule has 2 N–H and O–H groups in total. The Morgan fingerprint density at radius 1 is 0.837 bits per heavy atom. The molecular formula is C36H49N3O4. The summed E-state index contributed by atoms with van der Waals surface area (Å²) in [6, 6.07) is 21.4. The van der Waals surface area contributed by atoms with Gasteiger partial charge in [-0.25, -0.2) is 4.79 Å². The Morgan fingerprint density at radius 3 is 2.14 bits per heavy atom. The SMILES string of the molecule is CCCCCCCN(C(=O)C(NC(=O)OC(C)(C)C)C(C)CC)C(C(=O)Nc1ccc2ccccc2c1)c1ccccc1. The molecule has 0 aromatic heterocycles. The normalized spacial score (nSPS) is 13.5. The van der Waals surface area contributed by atoms with E-state index in [0.717, 1.165) is 42.9 Å². The highest BCUT2D eigenvalue weighted by Gasteiger charge is 2.38. The summed E-state index contributed by atoms with van der Waals surface area (Å²) >= 11 is 0. The zero-order valence-corrected chi connectivity index (χ0v) is 26.7. The molecule has 7 heteroatoms. The third-order valence-corrected chi connectivity index (χ3v) is 7.63. The number of nitrogens with zero attached hydrogens (tertiary/aromatic N) is 1. The lowest BCUT2D eigenvalue weighted by Gasteiger charge is -2.36. The highest BCUT2D eigenvalue weighted by atomic mass is 16.6. The number of unbranched alkanes of at least 4 members (excludes halogenated alkanes) is 4. The largest absolute Gasteiger partial charge is 0.444 e. The Morgan fingerprint density at radius 2 is 1.49 bits per heavy atom. The number of nitrogens with one attached hydrogen (secondary N) is 2. The van der Waals surface area contributed by atoms with E-state index in [1.165, 1.54) is 0 Å². The first-order chi connectivity index (χ1) is 20.5. The van der Waals surface area contributed by atoms with E-state index in [-0.39, 0.29) is 17.7 Å².